The Morgan fingerprint density at radius 3 is 2.76 bits per heavy atom. The Balaban J connectivity index is 1.64. The number of anilines is 1. The number of ether oxygens (including phenoxy) is 1. The SMILES string of the molecule is CC1(C)Cc2c(sc(N3CCOCC3)c2-c2ccnc(-c3cccc(C(=O)CCl)c3)c2)C(=O)N1. The van der Waals surface area contributed by atoms with Gasteiger partial charge in [-0.3, -0.25) is 14.6 Å². The molecule has 0 bridgehead atoms. The minimum absolute atomic E-state index is 0.0152. The number of rotatable bonds is 5. The number of nitrogens with one attached hydrogen (secondary N) is 1. The highest BCUT2D eigenvalue weighted by atomic mass is 35.5. The van der Waals surface area contributed by atoms with Crippen molar-refractivity contribution in [3.8, 4) is 22.4 Å². The number of halogens is 1. The number of hydrogen-bond acceptors (Lipinski definition) is 6. The maximum absolute atomic E-state index is 13.0. The van der Waals surface area contributed by atoms with E-state index in [9.17, 15) is 9.59 Å². The first-order valence-electron chi connectivity index (χ1n) is 11.3. The number of morpholine rings is 1. The average molecular weight is 496 g/mol. The summed E-state index contributed by atoms with van der Waals surface area (Å²) in [5.74, 6) is -0.188. The molecule has 4 heterocycles. The Bertz CT molecular complexity index is 1260. The van der Waals surface area contributed by atoms with Crippen molar-refractivity contribution in [1.82, 2.24) is 10.3 Å². The number of amides is 1. The molecule has 0 spiro atoms. The third kappa shape index (κ3) is 4.35. The second-order valence-corrected chi connectivity index (χ2v) is 10.5. The summed E-state index contributed by atoms with van der Waals surface area (Å²) in [7, 11) is 0. The molecule has 0 saturated carbocycles. The summed E-state index contributed by atoms with van der Waals surface area (Å²) in [6, 6.07) is 11.4. The van der Waals surface area contributed by atoms with E-state index in [1.54, 1.807) is 23.6 Å². The van der Waals surface area contributed by atoms with Crippen LogP contribution in [0.4, 0.5) is 5.00 Å². The number of pyridine rings is 1. The highest BCUT2D eigenvalue weighted by molar-refractivity contribution is 7.19. The number of fused-ring (bicyclic) bond motifs is 1. The van der Waals surface area contributed by atoms with Crippen molar-refractivity contribution in [1.29, 1.82) is 0 Å². The van der Waals surface area contributed by atoms with Gasteiger partial charge in [-0.15, -0.1) is 22.9 Å². The molecular formula is C26H26ClN3O3S. The number of aromatic nitrogens is 1. The average Bonchev–Trinajstić information content (AvgIpc) is 3.23. The fraction of sp³-hybridized carbons (Fsp3) is 0.346. The number of ketones is 1. The molecule has 6 nitrogen and oxygen atoms in total. The molecule has 0 unspecified atom stereocenters. The zero-order valence-electron chi connectivity index (χ0n) is 19.2. The van der Waals surface area contributed by atoms with E-state index in [1.807, 2.05) is 24.3 Å². The topological polar surface area (TPSA) is 71.5 Å². The summed E-state index contributed by atoms with van der Waals surface area (Å²) < 4.78 is 5.58. The molecule has 1 saturated heterocycles. The highest BCUT2D eigenvalue weighted by Crippen LogP contribution is 2.46. The number of benzene rings is 1. The third-order valence-electron chi connectivity index (χ3n) is 6.21. The molecule has 1 aromatic carbocycles. The summed E-state index contributed by atoms with van der Waals surface area (Å²) in [5.41, 5.74) is 5.07. The molecule has 1 amide bonds. The molecule has 0 aliphatic carbocycles. The first kappa shape index (κ1) is 23.0. The molecule has 3 aromatic rings. The van der Waals surface area contributed by atoms with Gasteiger partial charge in [0.15, 0.2) is 5.78 Å². The maximum Gasteiger partial charge on any atom is 0.262 e. The van der Waals surface area contributed by atoms with Gasteiger partial charge in [0.2, 0.25) is 0 Å². The first-order chi connectivity index (χ1) is 16.4. The lowest BCUT2D eigenvalue weighted by molar-refractivity contribution is 0.0901. The van der Waals surface area contributed by atoms with E-state index in [1.165, 1.54) is 0 Å². The first-order valence-corrected chi connectivity index (χ1v) is 12.7. The zero-order chi connectivity index (χ0) is 23.9. The molecule has 1 fully saturated rings. The predicted molar refractivity (Wildman–Crippen MR) is 136 cm³/mol. The van der Waals surface area contributed by atoms with Crippen LogP contribution in [0, 0.1) is 0 Å². The van der Waals surface area contributed by atoms with Crippen LogP contribution in [-0.4, -0.2) is 54.4 Å². The van der Waals surface area contributed by atoms with E-state index in [0.717, 1.165) is 57.3 Å². The molecule has 2 aromatic heterocycles. The van der Waals surface area contributed by atoms with Gasteiger partial charge in [0.1, 0.15) is 5.00 Å². The van der Waals surface area contributed by atoms with Crippen LogP contribution in [-0.2, 0) is 11.2 Å². The van der Waals surface area contributed by atoms with Crippen LogP contribution in [0.1, 0.15) is 39.4 Å². The van der Waals surface area contributed by atoms with Gasteiger partial charge in [-0.05, 0) is 49.6 Å². The molecular weight excluding hydrogens is 470 g/mol. The number of thiophene rings is 1. The number of hydrogen-bond donors (Lipinski definition) is 1. The van der Waals surface area contributed by atoms with Crippen LogP contribution in [0.3, 0.4) is 0 Å². The van der Waals surface area contributed by atoms with Crippen LogP contribution in [0.2, 0.25) is 0 Å². The van der Waals surface area contributed by atoms with Gasteiger partial charge in [-0.1, -0.05) is 18.2 Å². The van der Waals surface area contributed by atoms with Gasteiger partial charge in [-0.2, -0.15) is 0 Å². The molecule has 34 heavy (non-hydrogen) atoms. The molecule has 8 heteroatoms. The van der Waals surface area contributed by atoms with Crippen molar-refractivity contribution in [2.45, 2.75) is 25.8 Å². The molecule has 0 atom stereocenters. The number of alkyl halides is 1. The van der Waals surface area contributed by atoms with E-state index >= 15 is 0 Å². The van der Waals surface area contributed by atoms with Crippen molar-refractivity contribution in [2.24, 2.45) is 0 Å². The van der Waals surface area contributed by atoms with E-state index in [4.69, 9.17) is 16.3 Å². The molecule has 2 aliphatic heterocycles. The highest BCUT2D eigenvalue weighted by Gasteiger charge is 2.36. The molecule has 0 radical (unpaired) electrons. The third-order valence-corrected chi connectivity index (χ3v) is 7.75. The lowest BCUT2D eigenvalue weighted by atomic mass is 9.87. The standard InChI is InChI=1S/C26H26ClN3O3S/c1-26(2)14-19-22(25(30-8-10-33-11-9-30)34-23(19)24(32)29-26)18-6-7-28-20(13-18)16-4-3-5-17(12-16)21(31)15-27/h3-7,12-13H,8-11,14-15H2,1-2H3,(H,29,32). The second kappa shape index (κ2) is 9.13. The smallest absolute Gasteiger partial charge is 0.262 e. The van der Waals surface area contributed by atoms with Gasteiger partial charge < -0.3 is 15.0 Å². The summed E-state index contributed by atoms with van der Waals surface area (Å²) in [5, 5.41) is 4.24. The second-order valence-electron chi connectivity index (χ2n) is 9.27. The number of carbonyl (C=O) groups is 2. The van der Waals surface area contributed by atoms with Gasteiger partial charge in [0.05, 0.1) is 29.7 Å². The van der Waals surface area contributed by atoms with Gasteiger partial charge in [0, 0.05) is 41.5 Å². The quantitative estimate of drug-likeness (QED) is 0.406. The normalized spacial score (nSPS) is 17.3. The maximum atomic E-state index is 13.0. The predicted octanol–water partition coefficient (Wildman–Crippen LogP) is 4.80. The summed E-state index contributed by atoms with van der Waals surface area (Å²) >= 11 is 7.32. The Morgan fingerprint density at radius 1 is 1.21 bits per heavy atom. The molecule has 1 N–H and O–H groups in total. The van der Waals surface area contributed by atoms with Crippen molar-refractivity contribution < 1.29 is 14.3 Å². The monoisotopic (exact) mass is 495 g/mol. The van der Waals surface area contributed by atoms with Crippen LogP contribution in [0.25, 0.3) is 22.4 Å². The van der Waals surface area contributed by atoms with Crippen LogP contribution < -0.4 is 10.2 Å². The number of nitrogens with zero attached hydrogens (tertiary/aromatic N) is 2. The van der Waals surface area contributed by atoms with E-state index in [0.29, 0.717) is 18.8 Å². The van der Waals surface area contributed by atoms with Crippen molar-refractivity contribution in [3.63, 3.8) is 0 Å². The minimum atomic E-state index is -0.325. The van der Waals surface area contributed by atoms with Crippen LogP contribution >= 0.6 is 22.9 Å². The summed E-state index contributed by atoms with van der Waals surface area (Å²) in [4.78, 5) is 32.8. The van der Waals surface area contributed by atoms with Crippen LogP contribution in [0.15, 0.2) is 42.6 Å². The van der Waals surface area contributed by atoms with Crippen molar-refractivity contribution >= 4 is 39.6 Å². The summed E-state index contributed by atoms with van der Waals surface area (Å²) in [6.45, 7) is 7.03. The fourth-order valence-corrected chi connectivity index (χ4v) is 6.06. The van der Waals surface area contributed by atoms with E-state index in [2.05, 4.69) is 35.1 Å². The lowest BCUT2D eigenvalue weighted by Gasteiger charge is -2.31. The van der Waals surface area contributed by atoms with Crippen LogP contribution in [0.5, 0.6) is 0 Å². The van der Waals surface area contributed by atoms with Crippen molar-refractivity contribution in [3.05, 3.63) is 58.6 Å². The molecule has 176 valence electrons. The fourth-order valence-electron chi connectivity index (χ4n) is 4.61. The molecule has 2 aliphatic rings. The summed E-state index contributed by atoms with van der Waals surface area (Å²) in [6.07, 6.45) is 2.55. The van der Waals surface area contributed by atoms with E-state index < -0.39 is 0 Å². The zero-order valence-corrected chi connectivity index (χ0v) is 20.8. The van der Waals surface area contributed by atoms with Gasteiger partial charge >= 0.3 is 0 Å². The van der Waals surface area contributed by atoms with Crippen molar-refractivity contribution in [2.75, 3.05) is 37.1 Å². The Labute approximate surface area is 207 Å². The Kier molecular flexibility index (Phi) is 6.18. The number of carbonyl (C=O) groups excluding carboxylic acids is 2. The van der Waals surface area contributed by atoms with Gasteiger partial charge in [-0.25, -0.2) is 0 Å². The van der Waals surface area contributed by atoms with E-state index in [-0.39, 0.29) is 23.1 Å². The Morgan fingerprint density at radius 2 is 2.00 bits per heavy atom. The lowest BCUT2D eigenvalue weighted by Crippen LogP contribution is -2.48. The Hall–Kier alpha value is -2.74. The van der Waals surface area contributed by atoms with Gasteiger partial charge in [0.25, 0.3) is 5.91 Å². The largest absolute Gasteiger partial charge is 0.378 e. The molecule has 5 rings (SSSR count). The minimum Gasteiger partial charge on any atom is -0.378 e. The number of Topliss-reactive ketones (excluding diaryl/α,β-unsaturated/α-hetero) is 1.